The Labute approximate surface area is 173 Å². The number of amides is 2. The van der Waals surface area contributed by atoms with Crippen LogP contribution in [0.5, 0.6) is 0 Å². The number of halogens is 6. The van der Waals surface area contributed by atoms with Crippen molar-refractivity contribution in [3.05, 3.63) is 64.7 Å². The third-order valence-electron chi connectivity index (χ3n) is 4.93. The molecule has 3 rings (SSSR count). The van der Waals surface area contributed by atoms with Crippen molar-refractivity contribution >= 4 is 17.5 Å². The first-order valence-electron chi connectivity index (χ1n) is 9.26. The second-order valence-corrected chi connectivity index (χ2v) is 7.44. The molecular formula is C21H18F6N2O2. The molecule has 0 unspecified atom stereocenters. The van der Waals surface area contributed by atoms with Gasteiger partial charge in [-0.2, -0.15) is 26.3 Å². The molecular weight excluding hydrogens is 426 g/mol. The number of carbonyl (C=O) groups excluding carboxylic acids is 2. The third kappa shape index (κ3) is 5.56. The molecule has 1 heterocycles. The minimum absolute atomic E-state index is 0.0348. The molecule has 31 heavy (non-hydrogen) atoms. The summed E-state index contributed by atoms with van der Waals surface area (Å²) >= 11 is 0. The van der Waals surface area contributed by atoms with Crippen LogP contribution in [-0.2, 0) is 28.5 Å². The molecule has 1 aliphatic rings. The van der Waals surface area contributed by atoms with Crippen LogP contribution in [0.2, 0.25) is 0 Å². The first-order valence-corrected chi connectivity index (χ1v) is 9.26. The van der Waals surface area contributed by atoms with Crippen LogP contribution in [0, 0.1) is 12.8 Å². The second kappa shape index (κ2) is 8.24. The van der Waals surface area contributed by atoms with Gasteiger partial charge in [0, 0.05) is 25.2 Å². The van der Waals surface area contributed by atoms with Gasteiger partial charge in [-0.15, -0.1) is 0 Å². The largest absolute Gasteiger partial charge is 0.416 e. The summed E-state index contributed by atoms with van der Waals surface area (Å²) in [6.07, 6.45) is -10.1. The lowest BCUT2D eigenvalue weighted by Gasteiger charge is -2.19. The monoisotopic (exact) mass is 444 g/mol. The van der Waals surface area contributed by atoms with Gasteiger partial charge in [-0.05, 0) is 42.8 Å². The van der Waals surface area contributed by atoms with Crippen LogP contribution in [-0.4, -0.2) is 23.3 Å². The molecule has 1 atom stereocenters. The van der Waals surface area contributed by atoms with Crippen molar-refractivity contribution in [1.82, 2.24) is 4.90 Å². The Kier molecular flexibility index (Phi) is 6.02. The van der Waals surface area contributed by atoms with E-state index in [4.69, 9.17) is 0 Å². The Morgan fingerprint density at radius 3 is 2.06 bits per heavy atom. The lowest BCUT2D eigenvalue weighted by atomic mass is 10.0. The molecule has 0 aliphatic carbocycles. The van der Waals surface area contributed by atoms with Crippen molar-refractivity contribution < 1.29 is 35.9 Å². The van der Waals surface area contributed by atoms with Crippen molar-refractivity contribution in [2.75, 3.05) is 11.9 Å². The normalized spacial score (nSPS) is 17.2. The van der Waals surface area contributed by atoms with Crippen LogP contribution >= 0.6 is 0 Å². The molecule has 1 aliphatic heterocycles. The zero-order chi connectivity index (χ0) is 23.0. The van der Waals surface area contributed by atoms with Crippen LogP contribution in [0.15, 0.2) is 42.5 Å². The number of anilines is 1. The highest BCUT2D eigenvalue weighted by Crippen LogP contribution is 2.37. The molecule has 166 valence electrons. The van der Waals surface area contributed by atoms with Gasteiger partial charge in [-0.25, -0.2) is 0 Å². The van der Waals surface area contributed by atoms with Crippen molar-refractivity contribution in [2.24, 2.45) is 5.92 Å². The molecule has 2 amide bonds. The minimum atomic E-state index is -4.97. The van der Waals surface area contributed by atoms with Gasteiger partial charge in [-0.3, -0.25) is 9.59 Å². The summed E-state index contributed by atoms with van der Waals surface area (Å²) in [5, 5.41) is 2.66. The SMILES string of the molecule is Cc1ccc(NC(=O)[C@@H]2CC(=O)N(Cc3cc(C(F)(F)F)cc(C(F)(F)F)c3)C2)cc1. The fraction of sp³-hybridized carbons (Fsp3) is 0.333. The summed E-state index contributed by atoms with van der Waals surface area (Å²) < 4.78 is 78.2. The number of aryl methyl sites for hydroxylation is 1. The maximum absolute atomic E-state index is 13.0. The molecule has 0 radical (unpaired) electrons. The van der Waals surface area contributed by atoms with E-state index < -0.39 is 47.8 Å². The molecule has 0 bridgehead atoms. The zero-order valence-corrected chi connectivity index (χ0v) is 16.3. The number of rotatable bonds is 4. The van der Waals surface area contributed by atoms with Crippen molar-refractivity contribution in [1.29, 1.82) is 0 Å². The Morgan fingerprint density at radius 2 is 1.55 bits per heavy atom. The van der Waals surface area contributed by atoms with Crippen molar-refractivity contribution in [2.45, 2.75) is 32.2 Å². The molecule has 1 fully saturated rings. The maximum Gasteiger partial charge on any atom is 0.416 e. The number of likely N-dealkylation sites (tertiary alicyclic amines) is 1. The van der Waals surface area contributed by atoms with E-state index in [-0.39, 0.29) is 24.6 Å². The highest BCUT2D eigenvalue weighted by molar-refractivity contribution is 5.97. The summed E-state index contributed by atoms with van der Waals surface area (Å²) in [4.78, 5) is 25.8. The standard InChI is InChI=1S/C21H18F6N2O2/c1-12-2-4-17(5-3-12)28-19(31)14-8-18(30)29(11-14)10-13-6-15(20(22,23)24)9-16(7-13)21(25,26)27/h2-7,9,14H,8,10-11H2,1H3,(H,28,31)/t14-/m1/s1. The van der Waals surface area contributed by atoms with Gasteiger partial charge in [0.25, 0.3) is 0 Å². The zero-order valence-electron chi connectivity index (χ0n) is 16.3. The van der Waals surface area contributed by atoms with Crippen LogP contribution in [0.4, 0.5) is 32.0 Å². The minimum Gasteiger partial charge on any atom is -0.338 e. The molecule has 1 saturated heterocycles. The molecule has 0 spiro atoms. The van der Waals surface area contributed by atoms with E-state index in [1.54, 1.807) is 24.3 Å². The first-order chi connectivity index (χ1) is 14.3. The van der Waals surface area contributed by atoms with Gasteiger partial charge in [0.1, 0.15) is 0 Å². The third-order valence-corrected chi connectivity index (χ3v) is 4.93. The molecule has 2 aromatic carbocycles. The van der Waals surface area contributed by atoms with E-state index in [2.05, 4.69) is 5.32 Å². The predicted molar refractivity (Wildman–Crippen MR) is 99.8 cm³/mol. The van der Waals surface area contributed by atoms with Crippen LogP contribution in [0.1, 0.15) is 28.7 Å². The quantitative estimate of drug-likeness (QED) is 0.674. The maximum atomic E-state index is 13.0. The Hall–Kier alpha value is -3.04. The van der Waals surface area contributed by atoms with Crippen LogP contribution in [0.25, 0.3) is 0 Å². The van der Waals surface area contributed by atoms with Crippen molar-refractivity contribution in [3.8, 4) is 0 Å². The van der Waals surface area contributed by atoms with E-state index in [9.17, 15) is 35.9 Å². The summed E-state index contributed by atoms with van der Waals surface area (Å²) in [5.41, 5.74) is -1.70. The van der Waals surface area contributed by atoms with Crippen LogP contribution < -0.4 is 5.32 Å². The average Bonchev–Trinajstić information content (AvgIpc) is 3.02. The van der Waals surface area contributed by atoms with E-state index >= 15 is 0 Å². The van der Waals surface area contributed by atoms with E-state index in [1.165, 1.54) is 0 Å². The summed E-state index contributed by atoms with van der Waals surface area (Å²) in [7, 11) is 0. The summed E-state index contributed by atoms with van der Waals surface area (Å²) in [6.45, 7) is 1.31. The van der Waals surface area contributed by atoms with Gasteiger partial charge in [0.15, 0.2) is 0 Å². The predicted octanol–water partition coefficient (Wildman–Crippen LogP) is 5.02. The molecule has 1 N–H and O–H groups in total. The number of nitrogens with zero attached hydrogens (tertiary/aromatic N) is 1. The Morgan fingerprint density at radius 1 is 1.00 bits per heavy atom. The highest BCUT2D eigenvalue weighted by atomic mass is 19.4. The molecule has 4 nitrogen and oxygen atoms in total. The van der Waals surface area contributed by atoms with Gasteiger partial charge in [-0.1, -0.05) is 17.7 Å². The van der Waals surface area contributed by atoms with Gasteiger partial charge >= 0.3 is 12.4 Å². The number of carbonyl (C=O) groups is 2. The van der Waals surface area contributed by atoms with Gasteiger partial charge in [0.05, 0.1) is 17.0 Å². The average molecular weight is 444 g/mol. The molecule has 2 aromatic rings. The molecule has 0 saturated carbocycles. The highest BCUT2D eigenvalue weighted by Gasteiger charge is 2.38. The Bertz CT molecular complexity index is 951. The van der Waals surface area contributed by atoms with Gasteiger partial charge < -0.3 is 10.2 Å². The summed E-state index contributed by atoms with van der Waals surface area (Å²) in [6, 6.07) is 8.14. The van der Waals surface area contributed by atoms with Crippen molar-refractivity contribution in [3.63, 3.8) is 0 Å². The van der Waals surface area contributed by atoms with E-state index in [0.29, 0.717) is 17.8 Å². The number of benzene rings is 2. The molecule has 10 heteroatoms. The lowest BCUT2D eigenvalue weighted by molar-refractivity contribution is -0.143. The topological polar surface area (TPSA) is 49.4 Å². The lowest BCUT2D eigenvalue weighted by Crippen LogP contribution is -2.28. The smallest absolute Gasteiger partial charge is 0.338 e. The molecule has 0 aromatic heterocycles. The van der Waals surface area contributed by atoms with E-state index in [1.807, 2.05) is 6.92 Å². The number of hydrogen-bond acceptors (Lipinski definition) is 2. The fourth-order valence-electron chi connectivity index (χ4n) is 3.31. The van der Waals surface area contributed by atoms with Crippen LogP contribution in [0.3, 0.4) is 0 Å². The number of nitrogens with one attached hydrogen (secondary N) is 1. The first kappa shape index (κ1) is 22.6. The summed E-state index contributed by atoms with van der Waals surface area (Å²) in [5.74, 6) is -1.73. The van der Waals surface area contributed by atoms with Gasteiger partial charge in [0.2, 0.25) is 11.8 Å². The fourth-order valence-corrected chi connectivity index (χ4v) is 3.31. The van der Waals surface area contributed by atoms with E-state index in [0.717, 1.165) is 10.5 Å². The second-order valence-electron chi connectivity index (χ2n) is 7.44. The number of alkyl halides is 6. The Balaban J connectivity index is 1.75. The number of hydrogen-bond donors (Lipinski definition) is 1.